The monoisotopic (exact) mass is 367 g/mol. The number of imidazole rings is 1. The van der Waals surface area contributed by atoms with Gasteiger partial charge in [0.1, 0.15) is 0 Å². The van der Waals surface area contributed by atoms with Crippen molar-refractivity contribution in [2.24, 2.45) is 0 Å². The predicted octanol–water partition coefficient (Wildman–Crippen LogP) is 1.85. The normalized spacial score (nSPS) is 21.0. The standard InChI is InChI=1S/C16H21N3O3S2/c1-3-18(14-7-9-24(21,22)11-14)15(20)12(2)23-16-17-10-13-6-4-5-8-19(13)16/h4-6,8,10,12,14H,3,7,9,11H2,1-2H3. The number of amides is 1. The van der Waals surface area contributed by atoms with E-state index in [0.717, 1.165) is 10.7 Å². The molecule has 0 spiro atoms. The Balaban J connectivity index is 1.73. The van der Waals surface area contributed by atoms with Crippen LogP contribution in [0.3, 0.4) is 0 Å². The molecule has 6 nitrogen and oxygen atoms in total. The summed E-state index contributed by atoms with van der Waals surface area (Å²) in [7, 11) is -3.01. The molecule has 3 rings (SSSR count). The molecule has 130 valence electrons. The number of pyridine rings is 1. The van der Waals surface area contributed by atoms with E-state index in [1.807, 2.05) is 42.6 Å². The van der Waals surface area contributed by atoms with E-state index in [2.05, 4.69) is 4.98 Å². The highest BCUT2D eigenvalue weighted by Crippen LogP contribution is 2.26. The fraction of sp³-hybridized carbons (Fsp3) is 0.500. The maximum atomic E-state index is 12.8. The third kappa shape index (κ3) is 3.44. The van der Waals surface area contributed by atoms with Crippen LogP contribution in [0, 0.1) is 0 Å². The molecule has 0 aromatic carbocycles. The van der Waals surface area contributed by atoms with E-state index >= 15 is 0 Å². The number of carbonyl (C=O) groups excluding carboxylic acids is 1. The third-order valence-corrected chi connectivity index (χ3v) is 7.13. The maximum Gasteiger partial charge on any atom is 0.236 e. The molecule has 1 amide bonds. The van der Waals surface area contributed by atoms with Crippen molar-refractivity contribution in [2.75, 3.05) is 18.1 Å². The SMILES string of the molecule is CCN(C(=O)C(C)Sc1ncc2ccccn12)C1CCS(=O)(=O)C1. The maximum absolute atomic E-state index is 12.8. The molecule has 0 saturated carbocycles. The van der Waals surface area contributed by atoms with Gasteiger partial charge in [-0.05, 0) is 32.4 Å². The van der Waals surface area contributed by atoms with Crippen molar-refractivity contribution >= 4 is 33.0 Å². The van der Waals surface area contributed by atoms with Crippen LogP contribution in [0.2, 0.25) is 0 Å². The summed E-state index contributed by atoms with van der Waals surface area (Å²) in [6.45, 7) is 4.26. The third-order valence-electron chi connectivity index (χ3n) is 4.31. The van der Waals surface area contributed by atoms with Gasteiger partial charge in [0.15, 0.2) is 15.0 Å². The molecule has 0 bridgehead atoms. The Labute approximate surface area is 146 Å². The fourth-order valence-corrected chi connectivity index (χ4v) is 5.74. The van der Waals surface area contributed by atoms with Crippen molar-refractivity contribution in [3.63, 3.8) is 0 Å². The molecule has 0 aliphatic carbocycles. The Morgan fingerprint density at radius 3 is 2.96 bits per heavy atom. The lowest BCUT2D eigenvalue weighted by Gasteiger charge is -2.29. The van der Waals surface area contributed by atoms with Crippen molar-refractivity contribution in [2.45, 2.75) is 36.7 Å². The van der Waals surface area contributed by atoms with Gasteiger partial charge in [0.25, 0.3) is 0 Å². The van der Waals surface area contributed by atoms with Gasteiger partial charge in [-0.15, -0.1) is 0 Å². The largest absolute Gasteiger partial charge is 0.338 e. The molecule has 2 aromatic rings. The summed E-state index contributed by atoms with van der Waals surface area (Å²) in [4.78, 5) is 18.9. The number of thioether (sulfide) groups is 1. The van der Waals surface area contributed by atoms with Crippen LogP contribution >= 0.6 is 11.8 Å². The first-order valence-electron chi connectivity index (χ1n) is 8.01. The van der Waals surface area contributed by atoms with Gasteiger partial charge in [-0.2, -0.15) is 0 Å². The van der Waals surface area contributed by atoms with Gasteiger partial charge in [0.2, 0.25) is 5.91 Å². The van der Waals surface area contributed by atoms with Crippen LogP contribution in [0.1, 0.15) is 20.3 Å². The minimum Gasteiger partial charge on any atom is -0.338 e. The van der Waals surface area contributed by atoms with Crippen molar-refractivity contribution < 1.29 is 13.2 Å². The van der Waals surface area contributed by atoms with Crippen LogP contribution < -0.4 is 0 Å². The van der Waals surface area contributed by atoms with Gasteiger partial charge < -0.3 is 4.90 Å². The van der Waals surface area contributed by atoms with E-state index in [0.29, 0.717) is 13.0 Å². The molecule has 2 atom stereocenters. The minimum absolute atomic E-state index is 0.0303. The number of hydrogen-bond donors (Lipinski definition) is 0. The second-order valence-electron chi connectivity index (χ2n) is 5.98. The summed E-state index contributed by atoms with van der Waals surface area (Å²) >= 11 is 1.40. The zero-order valence-electron chi connectivity index (χ0n) is 13.8. The minimum atomic E-state index is -3.01. The molecule has 2 unspecified atom stereocenters. The first-order chi connectivity index (χ1) is 11.4. The zero-order valence-corrected chi connectivity index (χ0v) is 15.4. The Bertz CT molecular complexity index is 847. The molecular formula is C16H21N3O3S2. The predicted molar refractivity (Wildman–Crippen MR) is 95.0 cm³/mol. The second kappa shape index (κ2) is 6.76. The first-order valence-corrected chi connectivity index (χ1v) is 10.7. The summed E-state index contributed by atoms with van der Waals surface area (Å²) in [6.07, 6.45) is 4.23. The van der Waals surface area contributed by atoms with E-state index in [9.17, 15) is 13.2 Å². The Morgan fingerprint density at radius 2 is 2.29 bits per heavy atom. The highest BCUT2D eigenvalue weighted by molar-refractivity contribution is 8.00. The number of sulfone groups is 1. The van der Waals surface area contributed by atoms with Crippen molar-refractivity contribution in [1.82, 2.24) is 14.3 Å². The molecule has 1 saturated heterocycles. The molecule has 1 aliphatic heterocycles. The topological polar surface area (TPSA) is 71.8 Å². The van der Waals surface area contributed by atoms with E-state index in [4.69, 9.17) is 0 Å². The Morgan fingerprint density at radius 1 is 1.50 bits per heavy atom. The van der Waals surface area contributed by atoms with Crippen LogP contribution in [-0.4, -0.2) is 58.0 Å². The van der Waals surface area contributed by atoms with E-state index in [-0.39, 0.29) is 28.7 Å². The van der Waals surface area contributed by atoms with Gasteiger partial charge in [0, 0.05) is 18.8 Å². The average molecular weight is 367 g/mol. The summed E-state index contributed by atoms with van der Waals surface area (Å²) in [6, 6.07) is 5.63. The number of nitrogens with zero attached hydrogens (tertiary/aromatic N) is 3. The van der Waals surface area contributed by atoms with Gasteiger partial charge in [-0.25, -0.2) is 13.4 Å². The lowest BCUT2D eigenvalue weighted by Crippen LogP contribution is -2.44. The molecule has 3 heterocycles. The summed E-state index contributed by atoms with van der Waals surface area (Å²) in [5.41, 5.74) is 0.980. The van der Waals surface area contributed by atoms with Crippen molar-refractivity contribution in [1.29, 1.82) is 0 Å². The summed E-state index contributed by atoms with van der Waals surface area (Å²) in [5, 5.41) is 0.445. The van der Waals surface area contributed by atoms with E-state index < -0.39 is 9.84 Å². The molecule has 0 N–H and O–H groups in total. The van der Waals surface area contributed by atoms with Crippen LogP contribution in [0.5, 0.6) is 0 Å². The molecule has 8 heteroatoms. The van der Waals surface area contributed by atoms with Crippen LogP contribution in [-0.2, 0) is 14.6 Å². The van der Waals surface area contributed by atoms with Gasteiger partial charge in [-0.1, -0.05) is 17.8 Å². The number of rotatable bonds is 5. The Hall–Kier alpha value is -1.54. The van der Waals surface area contributed by atoms with E-state index in [1.54, 1.807) is 11.1 Å². The smallest absolute Gasteiger partial charge is 0.236 e. The van der Waals surface area contributed by atoms with Gasteiger partial charge in [0.05, 0.1) is 28.5 Å². The number of aromatic nitrogens is 2. The number of fused-ring (bicyclic) bond motifs is 1. The fourth-order valence-electron chi connectivity index (χ4n) is 3.06. The highest BCUT2D eigenvalue weighted by Gasteiger charge is 2.35. The number of hydrogen-bond acceptors (Lipinski definition) is 5. The number of carbonyl (C=O) groups is 1. The summed E-state index contributed by atoms with van der Waals surface area (Å²) in [5.74, 6) is 0.224. The quantitative estimate of drug-likeness (QED) is 0.754. The van der Waals surface area contributed by atoms with Crippen LogP contribution in [0.15, 0.2) is 35.7 Å². The molecule has 24 heavy (non-hydrogen) atoms. The van der Waals surface area contributed by atoms with Crippen molar-refractivity contribution in [3.8, 4) is 0 Å². The molecular weight excluding hydrogens is 346 g/mol. The van der Waals surface area contributed by atoms with Crippen LogP contribution in [0.4, 0.5) is 0 Å². The van der Waals surface area contributed by atoms with Gasteiger partial charge >= 0.3 is 0 Å². The van der Waals surface area contributed by atoms with E-state index in [1.165, 1.54) is 11.8 Å². The zero-order chi connectivity index (χ0) is 17.3. The lowest BCUT2D eigenvalue weighted by atomic mass is 10.2. The Kier molecular flexibility index (Phi) is 4.87. The summed E-state index contributed by atoms with van der Waals surface area (Å²) < 4.78 is 25.3. The highest BCUT2D eigenvalue weighted by atomic mass is 32.2. The van der Waals surface area contributed by atoms with Crippen molar-refractivity contribution in [3.05, 3.63) is 30.6 Å². The molecule has 0 radical (unpaired) electrons. The first kappa shape index (κ1) is 17.3. The molecule has 1 aliphatic rings. The van der Waals surface area contributed by atoms with Crippen LogP contribution in [0.25, 0.3) is 5.52 Å². The molecule has 1 fully saturated rings. The average Bonchev–Trinajstić information content (AvgIpc) is 3.12. The van der Waals surface area contributed by atoms with Gasteiger partial charge in [-0.3, -0.25) is 9.20 Å². The lowest BCUT2D eigenvalue weighted by molar-refractivity contribution is -0.131. The molecule has 2 aromatic heterocycles. The second-order valence-corrected chi connectivity index (χ2v) is 9.51.